The van der Waals surface area contributed by atoms with Crippen LogP contribution in [0, 0.1) is 5.41 Å². The Hall–Kier alpha value is -1.39. The molecule has 0 atom stereocenters. The lowest BCUT2D eigenvalue weighted by Gasteiger charge is -2.01. The number of rotatable bonds is 6. The van der Waals surface area contributed by atoms with E-state index in [0.29, 0.717) is 13.0 Å². The standard InChI is InChI=1S/C8H15N3O2/c1-11(2)6-10-5-3-4-7(9)8(12)13/h6,9H,3-5H2,1-2H3,(H,12,13). The van der Waals surface area contributed by atoms with E-state index in [1.165, 1.54) is 0 Å². The van der Waals surface area contributed by atoms with Gasteiger partial charge < -0.3 is 10.0 Å². The first-order chi connectivity index (χ1) is 6.04. The Labute approximate surface area is 77.6 Å². The third kappa shape index (κ3) is 6.99. The molecule has 0 amide bonds. The smallest absolute Gasteiger partial charge is 0.349 e. The molecule has 2 N–H and O–H groups in total. The highest BCUT2D eigenvalue weighted by molar-refractivity contribution is 6.34. The molecule has 0 rings (SSSR count). The highest BCUT2D eigenvalue weighted by Gasteiger charge is 2.04. The summed E-state index contributed by atoms with van der Waals surface area (Å²) in [6.07, 6.45) is 2.56. The number of carboxylic acids is 1. The number of hydrogen-bond acceptors (Lipinski definition) is 3. The predicted molar refractivity (Wildman–Crippen MR) is 51.6 cm³/mol. The number of aliphatic imine (C=N–C) groups is 1. The Balaban J connectivity index is 3.46. The maximum Gasteiger partial charge on any atom is 0.349 e. The molecule has 0 saturated carbocycles. The SMILES string of the molecule is CN(C)C=NCCCC(=N)C(=O)O. The minimum Gasteiger partial charge on any atom is -0.477 e. The number of nitrogens with zero attached hydrogens (tertiary/aromatic N) is 2. The average Bonchev–Trinajstić information content (AvgIpc) is 2.02. The molecule has 0 aromatic heterocycles. The number of carbonyl (C=O) groups is 1. The van der Waals surface area contributed by atoms with E-state index in [9.17, 15) is 4.79 Å². The molecule has 0 fully saturated rings. The molecule has 0 aliphatic heterocycles. The first kappa shape index (κ1) is 11.6. The maximum atomic E-state index is 10.2. The summed E-state index contributed by atoms with van der Waals surface area (Å²) in [5.74, 6) is -1.14. The van der Waals surface area contributed by atoms with Gasteiger partial charge in [-0.3, -0.25) is 10.4 Å². The molecule has 5 nitrogen and oxygen atoms in total. The monoisotopic (exact) mass is 185 g/mol. The fourth-order valence-corrected chi connectivity index (χ4v) is 0.675. The Morgan fingerprint density at radius 2 is 2.23 bits per heavy atom. The summed E-state index contributed by atoms with van der Waals surface area (Å²) in [5.41, 5.74) is -0.250. The number of aliphatic carboxylic acids is 1. The van der Waals surface area contributed by atoms with E-state index in [2.05, 4.69) is 4.99 Å². The van der Waals surface area contributed by atoms with Crippen LogP contribution in [0.4, 0.5) is 0 Å². The zero-order chi connectivity index (χ0) is 10.3. The first-order valence-corrected chi connectivity index (χ1v) is 4.01. The molecule has 0 spiro atoms. The van der Waals surface area contributed by atoms with Crippen LogP contribution in [-0.4, -0.2) is 48.7 Å². The van der Waals surface area contributed by atoms with Crippen LogP contribution in [0.1, 0.15) is 12.8 Å². The summed E-state index contributed by atoms with van der Waals surface area (Å²) >= 11 is 0. The summed E-state index contributed by atoms with van der Waals surface area (Å²) in [6.45, 7) is 0.563. The van der Waals surface area contributed by atoms with E-state index in [1.807, 2.05) is 19.0 Å². The van der Waals surface area contributed by atoms with Crippen LogP contribution < -0.4 is 0 Å². The van der Waals surface area contributed by atoms with Crippen LogP contribution in [-0.2, 0) is 4.79 Å². The molecule has 0 radical (unpaired) electrons. The van der Waals surface area contributed by atoms with Crippen molar-refractivity contribution in [3.8, 4) is 0 Å². The second kappa shape index (κ2) is 6.16. The highest BCUT2D eigenvalue weighted by Crippen LogP contribution is 1.91. The van der Waals surface area contributed by atoms with Crippen molar-refractivity contribution in [1.82, 2.24) is 4.90 Å². The van der Waals surface area contributed by atoms with Gasteiger partial charge in [0.1, 0.15) is 5.71 Å². The molecule has 74 valence electrons. The molecular weight excluding hydrogens is 170 g/mol. The van der Waals surface area contributed by atoms with Crippen LogP contribution >= 0.6 is 0 Å². The number of carboxylic acid groups (broad SMARTS) is 1. The van der Waals surface area contributed by atoms with Crippen LogP contribution in [0.15, 0.2) is 4.99 Å². The van der Waals surface area contributed by atoms with Crippen molar-refractivity contribution in [2.45, 2.75) is 12.8 Å². The number of hydrogen-bond donors (Lipinski definition) is 2. The summed E-state index contributed by atoms with van der Waals surface area (Å²) in [7, 11) is 3.73. The van der Waals surface area contributed by atoms with Gasteiger partial charge >= 0.3 is 5.97 Å². The van der Waals surface area contributed by atoms with Crippen molar-refractivity contribution >= 4 is 18.0 Å². The van der Waals surface area contributed by atoms with Crippen molar-refractivity contribution in [2.24, 2.45) is 4.99 Å². The van der Waals surface area contributed by atoms with E-state index < -0.39 is 5.97 Å². The molecule has 0 aliphatic carbocycles. The third-order valence-electron chi connectivity index (χ3n) is 1.28. The van der Waals surface area contributed by atoms with Crippen molar-refractivity contribution in [3.63, 3.8) is 0 Å². The molecule has 5 heteroatoms. The fraction of sp³-hybridized carbons (Fsp3) is 0.625. The van der Waals surface area contributed by atoms with Gasteiger partial charge in [0.25, 0.3) is 0 Å². The predicted octanol–water partition coefficient (Wildman–Crippen LogP) is 0.461. The van der Waals surface area contributed by atoms with E-state index in [-0.39, 0.29) is 12.1 Å². The lowest BCUT2D eigenvalue weighted by atomic mass is 10.2. The van der Waals surface area contributed by atoms with Gasteiger partial charge in [-0.2, -0.15) is 0 Å². The highest BCUT2D eigenvalue weighted by atomic mass is 16.4. The molecule has 0 heterocycles. The van der Waals surface area contributed by atoms with Crippen LogP contribution in [0.3, 0.4) is 0 Å². The molecule has 0 aliphatic rings. The van der Waals surface area contributed by atoms with Crippen molar-refractivity contribution in [1.29, 1.82) is 5.41 Å². The summed E-state index contributed by atoms with van der Waals surface area (Å²) in [5, 5.41) is 15.4. The van der Waals surface area contributed by atoms with Gasteiger partial charge in [0, 0.05) is 20.6 Å². The minimum atomic E-state index is -1.14. The second-order valence-corrected chi connectivity index (χ2v) is 2.87. The normalized spacial score (nSPS) is 10.3. The van der Waals surface area contributed by atoms with E-state index in [0.717, 1.165) is 0 Å². The van der Waals surface area contributed by atoms with E-state index in [4.69, 9.17) is 10.5 Å². The molecule has 0 aromatic carbocycles. The van der Waals surface area contributed by atoms with Crippen molar-refractivity contribution in [3.05, 3.63) is 0 Å². The van der Waals surface area contributed by atoms with Gasteiger partial charge in [0.15, 0.2) is 0 Å². The Morgan fingerprint density at radius 1 is 1.62 bits per heavy atom. The number of nitrogens with one attached hydrogen (secondary N) is 1. The molecule has 0 bridgehead atoms. The fourth-order valence-electron chi connectivity index (χ4n) is 0.675. The average molecular weight is 185 g/mol. The van der Waals surface area contributed by atoms with Gasteiger partial charge in [0.05, 0.1) is 6.34 Å². The van der Waals surface area contributed by atoms with Crippen molar-refractivity contribution < 1.29 is 9.90 Å². The molecular formula is C8H15N3O2. The topological polar surface area (TPSA) is 76.8 Å². The van der Waals surface area contributed by atoms with Gasteiger partial charge in [0.2, 0.25) is 0 Å². The van der Waals surface area contributed by atoms with Gasteiger partial charge in [-0.25, -0.2) is 4.79 Å². The van der Waals surface area contributed by atoms with Crippen LogP contribution in [0.5, 0.6) is 0 Å². The summed E-state index contributed by atoms with van der Waals surface area (Å²) in [6, 6.07) is 0. The lowest BCUT2D eigenvalue weighted by molar-refractivity contribution is -0.129. The van der Waals surface area contributed by atoms with Gasteiger partial charge in [-0.1, -0.05) is 0 Å². The first-order valence-electron chi connectivity index (χ1n) is 4.01. The zero-order valence-electron chi connectivity index (χ0n) is 7.95. The molecule has 13 heavy (non-hydrogen) atoms. The van der Waals surface area contributed by atoms with E-state index >= 15 is 0 Å². The minimum absolute atomic E-state index is 0.250. The maximum absolute atomic E-state index is 10.2. The van der Waals surface area contributed by atoms with E-state index in [1.54, 1.807) is 6.34 Å². The van der Waals surface area contributed by atoms with Crippen LogP contribution in [0.25, 0.3) is 0 Å². The van der Waals surface area contributed by atoms with Gasteiger partial charge in [-0.05, 0) is 12.8 Å². The summed E-state index contributed by atoms with van der Waals surface area (Å²) < 4.78 is 0. The lowest BCUT2D eigenvalue weighted by Crippen LogP contribution is -2.12. The second-order valence-electron chi connectivity index (χ2n) is 2.87. The third-order valence-corrected chi connectivity index (χ3v) is 1.28. The largest absolute Gasteiger partial charge is 0.477 e. The Bertz CT molecular complexity index is 211. The van der Waals surface area contributed by atoms with Crippen molar-refractivity contribution in [2.75, 3.05) is 20.6 Å². The molecule has 0 aromatic rings. The molecule has 0 saturated heterocycles. The Kier molecular flexibility index (Phi) is 5.50. The quantitative estimate of drug-likeness (QED) is 0.358. The molecule has 0 unspecified atom stereocenters. The summed E-state index contributed by atoms with van der Waals surface area (Å²) in [4.78, 5) is 16.0. The zero-order valence-corrected chi connectivity index (χ0v) is 7.95. The van der Waals surface area contributed by atoms with Gasteiger partial charge in [-0.15, -0.1) is 0 Å². The van der Waals surface area contributed by atoms with Crippen LogP contribution in [0.2, 0.25) is 0 Å². The Morgan fingerprint density at radius 3 is 2.69 bits per heavy atom.